The largest absolute Gasteiger partial charge is 0.497 e. The van der Waals surface area contributed by atoms with Crippen molar-refractivity contribution in [2.24, 2.45) is 12.0 Å². The summed E-state index contributed by atoms with van der Waals surface area (Å²) in [4.78, 5) is 17.4. The van der Waals surface area contributed by atoms with Gasteiger partial charge in [-0.2, -0.15) is 5.10 Å². The van der Waals surface area contributed by atoms with E-state index in [9.17, 15) is 4.79 Å². The van der Waals surface area contributed by atoms with Gasteiger partial charge in [0.05, 0.1) is 12.8 Å². The predicted molar refractivity (Wildman–Crippen MR) is 127 cm³/mol. The molecule has 1 amide bonds. The van der Waals surface area contributed by atoms with Gasteiger partial charge < -0.3 is 10.1 Å². The first-order valence-electron chi connectivity index (χ1n) is 9.89. The second-order valence-corrected chi connectivity index (χ2v) is 7.99. The fourth-order valence-corrected chi connectivity index (χ4v) is 3.62. The highest BCUT2D eigenvalue weighted by Crippen LogP contribution is 2.17. The van der Waals surface area contributed by atoms with Crippen LogP contribution in [0.2, 0.25) is 0 Å². The molecule has 0 saturated carbocycles. The Morgan fingerprint density at radius 1 is 1.19 bits per heavy atom. The lowest BCUT2D eigenvalue weighted by atomic mass is 10.1. The molecule has 0 atom stereocenters. The molecule has 3 aromatic rings. The van der Waals surface area contributed by atoms with Crippen LogP contribution in [-0.2, 0) is 13.5 Å². The first kappa shape index (κ1) is 22.6. The molecule has 8 heteroatoms. The van der Waals surface area contributed by atoms with Gasteiger partial charge in [-0.25, -0.2) is 0 Å². The van der Waals surface area contributed by atoms with E-state index in [2.05, 4.69) is 36.7 Å². The molecule has 2 N–H and O–H groups in total. The number of aromatic nitrogens is 2. The van der Waals surface area contributed by atoms with Crippen molar-refractivity contribution in [3.05, 3.63) is 75.5 Å². The molecular formula is C23H26BrN5O2. The lowest BCUT2D eigenvalue weighted by Crippen LogP contribution is -2.36. The minimum Gasteiger partial charge on any atom is -0.497 e. The highest BCUT2D eigenvalue weighted by molar-refractivity contribution is 9.10. The molecule has 162 valence electrons. The van der Waals surface area contributed by atoms with Gasteiger partial charge in [0.1, 0.15) is 5.75 Å². The summed E-state index contributed by atoms with van der Waals surface area (Å²) in [5.74, 6) is 0.839. The van der Waals surface area contributed by atoms with Crippen LogP contribution >= 0.6 is 15.9 Å². The number of benzene rings is 2. The van der Waals surface area contributed by atoms with Crippen molar-refractivity contribution >= 4 is 33.5 Å². The van der Waals surface area contributed by atoms with Crippen molar-refractivity contribution in [1.82, 2.24) is 15.1 Å². The fourth-order valence-electron chi connectivity index (χ4n) is 3.22. The third kappa shape index (κ3) is 5.95. The normalized spacial score (nSPS) is 11.3. The minimum absolute atomic E-state index is 0.246. The van der Waals surface area contributed by atoms with Gasteiger partial charge in [-0.15, -0.1) is 0 Å². The van der Waals surface area contributed by atoms with Crippen molar-refractivity contribution < 1.29 is 9.53 Å². The third-order valence-corrected chi connectivity index (χ3v) is 5.44. The van der Waals surface area contributed by atoms with Crippen LogP contribution in [0, 0.1) is 13.8 Å². The van der Waals surface area contributed by atoms with Crippen molar-refractivity contribution in [1.29, 1.82) is 0 Å². The van der Waals surface area contributed by atoms with Crippen LogP contribution in [0.25, 0.3) is 0 Å². The first-order chi connectivity index (χ1) is 14.9. The van der Waals surface area contributed by atoms with E-state index in [1.54, 1.807) is 19.2 Å². The maximum atomic E-state index is 12.8. The zero-order valence-corrected chi connectivity index (χ0v) is 19.7. The highest BCUT2D eigenvalue weighted by atomic mass is 79.9. The fraction of sp³-hybridized carbons (Fsp3) is 0.261. The summed E-state index contributed by atoms with van der Waals surface area (Å²) in [6.07, 6.45) is 0.724. The Bertz CT molecular complexity index is 1110. The molecule has 0 aliphatic carbocycles. The second kappa shape index (κ2) is 10.3. The topological polar surface area (TPSA) is 80.5 Å². The first-order valence-corrected chi connectivity index (χ1v) is 10.7. The Morgan fingerprint density at radius 2 is 1.97 bits per heavy atom. The number of rotatable bonds is 6. The van der Waals surface area contributed by atoms with Crippen molar-refractivity contribution in [2.75, 3.05) is 19.0 Å². The van der Waals surface area contributed by atoms with Gasteiger partial charge in [0.2, 0.25) is 5.96 Å². The number of halogens is 1. The Hall–Kier alpha value is -3.13. The third-order valence-electron chi connectivity index (χ3n) is 4.94. The Labute approximate surface area is 190 Å². The Morgan fingerprint density at radius 3 is 2.65 bits per heavy atom. The van der Waals surface area contributed by atoms with E-state index in [4.69, 9.17) is 4.74 Å². The number of carbonyl (C=O) groups is 1. The van der Waals surface area contributed by atoms with Crippen LogP contribution in [0.15, 0.2) is 58.0 Å². The molecule has 0 unspecified atom stereocenters. The van der Waals surface area contributed by atoms with Crippen molar-refractivity contribution in [3.63, 3.8) is 0 Å². The predicted octanol–water partition coefficient (Wildman–Crippen LogP) is 4.25. The number of aryl methyl sites for hydroxylation is 2. The van der Waals surface area contributed by atoms with Gasteiger partial charge in [-0.3, -0.25) is 19.8 Å². The number of amides is 1. The number of hydrogen-bond donors (Lipinski definition) is 2. The molecule has 0 saturated heterocycles. The zero-order valence-electron chi connectivity index (χ0n) is 18.1. The quantitative estimate of drug-likeness (QED) is 0.405. The number of anilines is 1. The van der Waals surface area contributed by atoms with Crippen molar-refractivity contribution in [2.45, 2.75) is 20.3 Å². The number of hydrogen-bond acceptors (Lipinski definition) is 4. The van der Waals surface area contributed by atoms with Gasteiger partial charge in [0.25, 0.3) is 5.91 Å². The molecule has 0 radical (unpaired) electrons. The Kier molecular flexibility index (Phi) is 7.46. The number of carbonyl (C=O) groups excluding carboxylic acids is 1. The molecule has 1 aromatic heterocycles. The van der Waals surface area contributed by atoms with E-state index in [-0.39, 0.29) is 5.91 Å². The summed E-state index contributed by atoms with van der Waals surface area (Å²) in [5, 5.41) is 10.5. The maximum Gasteiger partial charge on any atom is 0.257 e. The smallest absolute Gasteiger partial charge is 0.257 e. The van der Waals surface area contributed by atoms with Crippen LogP contribution in [0.3, 0.4) is 0 Å². The zero-order chi connectivity index (χ0) is 22.4. The number of guanidine groups is 1. The molecular weight excluding hydrogens is 458 g/mol. The lowest BCUT2D eigenvalue weighted by Gasteiger charge is -2.13. The molecule has 2 aromatic carbocycles. The highest BCUT2D eigenvalue weighted by Gasteiger charge is 2.12. The average Bonchev–Trinajstić information content (AvgIpc) is 2.99. The number of methoxy groups -OCH3 is 1. The Balaban J connectivity index is 1.80. The second-order valence-electron chi connectivity index (χ2n) is 7.07. The minimum atomic E-state index is -0.246. The molecule has 31 heavy (non-hydrogen) atoms. The monoisotopic (exact) mass is 483 g/mol. The molecule has 1 heterocycles. The van der Waals surface area contributed by atoms with Gasteiger partial charge in [-0.1, -0.05) is 28.1 Å². The maximum absolute atomic E-state index is 12.8. The van der Waals surface area contributed by atoms with Gasteiger partial charge in [-0.05, 0) is 56.2 Å². The molecule has 7 nitrogen and oxygen atoms in total. The molecule has 3 rings (SSSR count). The van der Waals surface area contributed by atoms with Gasteiger partial charge >= 0.3 is 0 Å². The summed E-state index contributed by atoms with van der Waals surface area (Å²) >= 11 is 3.40. The van der Waals surface area contributed by atoms with Crippen LogP contribution in [0.1, 0.15) is 27.3 Å². The molecule has 0 bridgehead atoms. The summed E-state index contributed by atoms with van der Waals surface area (Å²) in [7, 11) is 3.55. The lowest BCUT2D eigenvalue weighted by molar-refractivity contribution is 0.0977. The standard InChI is InChI=1S/C23H26BrN5O2/c1-15-21(16(2)29(3)28-15)11-12-25-23(26-19-9-6-10-20(14-19)31-4)27-22(30)17-7-5-8-18(24)13-17/h5-10,13-14H,11-12H2,1-4H3,(H2,25,26,27,30). The van der Waals surface area contributed by atoms with E-state index in [0.717, 1.165) is 28.0 Å². The van der Waals surface area contributed by atoms with Crippen molar-refractivity contribution in [3.8, 4) is 5.75 Å². The van der Waals surface area contributed by atoms with E-state index in [1.165, 1.54) is 5.56 Å². The van der Waals surface area contributed by atoms with Crippen LogP contribution < -0.4 is 15.4 Å². The summed E-state index contributed by atoms with van der Waals surface area (Å²) in [6.45, 7) is 4.54. The number of nitrogens with zero attached hydrogens (tertiary/aromatic N) is 3. The van der Waals surface area contributed by atoms with Crippen LogP contribution in [0.4, 0.5) is 5.69 Å². The van der Waals surface area contributed by atoms with E-state index in [0.29, 0.717) is 23.8 Å². The van der Waals surface area contributed by atoms with Gasteiger partial charge in [0, 0.05) is 41.1 Å². The van der Waals surface area contributed by atoms with Gasteiger partial charge in [0.15, 0.2) is 0 Å². The number of ether oxygens (including phenoxy) is 1. The molecule has 0 aliphatic rings. The molecule has 0 fully saturated rings. The average molecular weight is 484 g/mol. The molecule has 0 aliphatic heterocycles. The number of nitrogens with one attached hydrogen (secondary N) is 2. The summed E-state index contributed by atoms with van der Waals surface area (Å²) < 4.78 is 7.99. The summed E-state index contributed by atoms with van der Waals surface area (Å²) in [5.41, 5.74) is 4.59. The summed E-state index contributed by atoms with van der Waals surface area (Å²) in [6, 6.07) is 14.7. The number of aliphatic imine (C=N–C) groups is 1. The van der Waals surface area contributed by atoms with Crippen LogP contribution in [-0.4, -0.2) is 35.3 Å². The van der Waals surface area contributed by atoms with E-state index in [1.807, 2.05) is 62.0 Å². The van der Waals surface area contributed by atoms with E-state index >= 15 is 0 Å². The van der Waals surface area contributed by atoms with E-state index < -0.39 is 0 Å². The molecule has 0 spiro atoms. The SMILES string of the molecule is COc1cccc(NC(=NCCc2c(C)nn(C)c2C)NC(=O)c2cccc(Br)c2)c1. The van der Waals surface area contributed by atoms with Crippen LogP contribution in [0.5, 0.6) is 5.75 Å².